The highest BCUT2D eigenvalue weighted by Crippen LogP contribution is 2.23. The number of imidazole rings is 1. The van der Waals surface area contributed by atoms with Gasteiger partial charge in [0.25, 0.3) is 0 Å². The molecule has 1 heterocycles. The Morgan fingerprint density at radius 2 is 2.00 bits per heavy atom. The number of nitrogens with one attached hydrogen (secondary N) is 1. The van der Waals surface area contributed by atoms with Crippen molar-refractivity contribution in [2.45, 2.75) is 13.3 Å². The van der Waals surface area contributed by atoms with Crippen LogP contribution in [0.5, 0.6) is 0 Å². The highest BCUT2D eigenvalue weighted by molar-refractivity contribution is 6.04. The minimum absolute atomic E-state index is 0.947. The smallest absolute Gasteiger partial charge is 0.106 e. The summed E-state index contributed by atoms with van der Waals surface area (Å²) in [7, 11) is 0. The molecule has 0 aliphatic rings. The summed E-state index contributed by atoms with van der Waals surface area (Å²) in [5, 5.41) is 2.51. The molecule has 1 N–H and O–H groups in total. The van der Waals surface area contributed by atoms with Crippen LogP contribution in [-0.4, -0.2) is 9.97 Å². The van der Waals surface area contributed by atoms with Gasteiger partial charge < -0.3 is 4.98 Å². The second-order valence-corrected chi connectivity index (χ2v) is 3.72. The number of hydrogen-bond acceptors (Lipinski definition) is 1. The number of aromatic nitrogens is 2. The van der Waals surface area contributed by atoms with Gasteiger partial charge in [0.2, 0.25) is 0 Å². The van der Waals surface area contributed by atoms with Gasteiger partial charge in [-0.15, -0.1) is 0 Å². The van der Waals surface area contributed by atoms with Crippen LogP contribution in [0.1, 0.15) is 12.7 Å². The molecule has 3 aromatic rings. The van der Waals surface area contributed by atoms with E-state index >= 15 is 0 Å². The van der Waals surface area contributed by atoms with Crippen molar-refractivity contribution in [2.24, 2.45) is 0 Å². The van der Waals surface area contributed by atoms with E-state index in [4.69, 9.17) is 0 Å². The van der Waals surface area contributed by atoms with Crippen LogP contribution < -0.4 is 0 Å². The van der Waals surface area contributed by atoms with Gasteiger partial charge in [-0.05, 0) is 11.5 Å². The summed E-state index contributed by atoms with van der Waals surface area (Å²) in [5.74, 6) is 1.06. The van der Waals surface area contributed by atoms with Gasteiger partial charge in [0.15, 0.2) is 0 Å². The SMILES string of the molecule is CCc1nc2ccc3ccccc3c2[nH]1. The summed E-state index contributed by atoms with van der Waals surface area (Å²) >= 11 is 0. The molecule has 2 nitrogen and oxygen atoms in total. The normalized spacial score (nSPS) is 11.3. The van der Waals surface area contributed by atoms with Crippen molar-refractivity contribution in [1.29, 1.82) is 0 Å². The van der Waals surface area contributed by atoms with E-state index in [0.717, 1.165) is 23.3 Å². The second-order valence-electron chi connectivity index (χ2n) is 3.72. The predicted molar refractivity (Wildman–Crippen MR) is 63.0 cm³/mol. The van der Waals surface area contributed by atoms with E-state index in [1.807, 2.05) is 0 Å². The van der Waals surface area contributed by atoms with Crippen molar-refractivity contribution in [1.82, 2.24) is 9.97 Å². The zero-order chi connectivity index (χ0) is 10.3. The van der Waals surface area contributed by atoms with Crippen molar-refractivity contribution in [3.8, 4) is 0 Å². The molecule has 0 saturated heterocycles. The Bertz CT molecular complexity index is 623. The van der Waals surface area contributed by atoms with E-state index in [1.54, 1.807) is 0 Å². The van der Waals surface area contributed by atoms with Crippen molar-refractivity contribution in [2.75, 3.05) is 0 Å². The molecule has 0 atom stereocenters. The molecule has 0 fully saturated rings. The van der Waals surface area contributed by atoms with Crippen LogP contribution in [0.3, 0.4) is 0 Å². The molecule has 0 aliphatic carbocycles. The molecule has 0 aliphatic heterocycles. The van der Waals surface area contributed by atoms with Crippen LogP contribution in [-0.2, 0) is 6.42 Å². The maximum absolute atomic E-state index is 4.53. The van der Waals surface area contributed by atoms with Gasteiger partial charge in [-0.25, -0.2) is 4.98 Å². The molecule has 2 heteroatoms. The molecule has 0 unspecified atom stereocenters. The molecule has 74 valence electrons. The predicted octanol–water partition coefficient (Wildman–Crippen LogP) is 3.28. The molecule has 3 rings (SSSR count). The van der Waals surface area contributed by atoms with Crippen molar-refractivity contribution in [3.63, 3.8) is 0 Å². The molecule has 1 aromatic heterocycles. The minimum atomic E-state index is 0.947. The van der Waals surface area contributed by atoms with Crippen molar-refractivity contribution >= 4 is 21.8 Å². The summed E-state index contributed by atoms with van der Waals surface area (Å²) in [6.45, 7) is 2.11. The van der Waals surface area contributed by atoms with Gasteiger partial charge in [0.05, 0.1) is 11.0 Å². The topological polar surface area (TPSA) is 28.7 Å². The van der Waals surface area contributed by atoms with E-state index in [1.165, 1.54) is 10.8 Å². The summed E-state index contributed by atoms with van der Waals surface area (Å²) < 4.78 is 0. The number of benzene rings is 2. The van der Waals surface area contributed by atoms with Crippen molar-refractivity contribution < 1.29 is 0 Å². The third kappa shape index (κ3) is 1.22. The first-order chi connectivity index (χ1) is 7.38. The molecule has 0 spiro atoms. The first-order valence-corrected chi connectivity index (χ1v) is 5.25. The highest BCUT2D eigenvalue weighted by atomic mass is 14.9. The Labute approximate surface area is 88.0 Å². The number of aromatic amines is 1. The maximum atomic E-state index is 4.53. The minimum Gasteiger partial charge on any atom is -0.341 e. The Morgan fingerprint density at radius 1 is 1.13 bits per heavy atom. The number of nitrogens with zero attached hydrogens (tertiary/aromatic N) is 1. The zero-order valence-electron chi connectivity index (χ0n) is 8.62. The molecular weight excluding hydrogens is 184 g/mol. The van der Waals surface area contributed by atoms with E-state index in [2.05, 4.69) is 53.3 Å². The van der Waals surface area contributed by atoms with Gasteiger partial charge >= 0.3 is 0 Å². The Kier molecular flexibility index (Phi) is 1.75. The largest absolute Gasteiger partial charge is 0.341 e. The summed E-state index contributed by atoms with van der Waals surface area (Å²) in [4.78, 5) is 7.90. The van der Waals surface area contributed by atoms with Crippen LogP contribution >= 0.6 is 0 Å². The molecule has 0 saturated carbocycles. The number of aryl methyl sites for hydroxylation is 1. The fourth-order valence-corrected chi connectivity index (χ4v) is 1.97. The van der Waals surface area contributed by atoms with E-state index in [-0.39, 0.29) is 0 Å². The van der Waals surface area contributed by atoms with E-state index < -0.39 is 0 Å². The lowest BCUT2D eigenvalue weighted by molar-refractivity contribution is 1.00. The Hall–Kier alpha value is -1.83. The molecule has 0 radical (unpaired) electrons. The van der Waals surface area contributed by atoms with Crippen LogP contribution in [0.4, 0.5) is 0 Å². The average molecular weight is 196 g/mol. The Balaban J connectivity index is 2.47. The monoisotopic (exact) mass is 196 g/mol. The fourth-order valence-electron chi connectivity index (χ4n) is 1.97. The van der Waals surface area contributed by atoms with Crippen LogP contribution in [0.2, 0.25) is 0 Å². The van der Waals surface area contributed by atoms with Crippen LogP contribution in [0.25, 0.3) is 21.8 Å². The average Bonchev–Trinajstić information content (AvgIpc) is 2.72. The quantitative estimate of drug-likeness (QED) is 0.635. The molecule has 0 amide bonds. The van der Waals surface area contributed by atoms with E-state index in [9.17, 15) is 0 Å². The Morgan fingerprint density at radius 3 is 2.87 bits per heavy atom. The fraction of sp³-hybridized carbons (Fsp3) is 0.154. The standard InChI is InChI=1S/C13H12N2/c1-2-12-14-11-8-7-9-5-3-4-6-10(9)13(11)15-12/h3-8H,2H2,1H3,(H,14,15). The third-order valence-electron chi connectivity index (χ3n) is 2.77. The van der Waals surface area contributed by atoms with Gasteiger partial charge in [0.1, 0.15) is 5.82 Å². The third-order valence-corrected chi connectivity index (χ3v) is 2.77. The second kappa shape index (κ2) is 3.09. The molecule has 0 bridgehead atoms. The van der Waals surface area contributed by atoms with Gasteiger partial charge in [-0.2, -0.15) is 0 Å². The molecule has 2 aromatic carbocycles. The lowest BCUT2D eigenvalue weighted by Crippen LogP contribution is -1.79. The molecular formula is C13H12N2. The lowest BCUT2D eigenvalue weighted by atomic mass is 10.1. The van der Waals surface area contributed by atoms with Crippen LogP contribution in [0, 0.1) is 0 Å². The van der Waals surface area contributed by atoms with Gasteiger partial charge in [-0.3, -0.25) is 0 Å². The number of H-pyrrole nitrogens is 1. The molecule has 15 heavy (non-hydrogen) atoms. The zero-order valence-corrected chi connectivity index (χ0v) is 8.62. The summed E-state index contributed by atoms with van der Waals surface area (Å²) in [6, 6.07) is 12.6. The first-order valence-electron chi connectivity index (χ1n) is 5.25. The van der Waals surface area contributed by atoms with Gasteiger partial charge in [0, 0.05) is 11.8 Å². The van der Waals surface area contributed by atoms with E-state index in [0.29, 0.717) is 0 Å². The highest BCUT2D eigenvalue weighted by Gasteiger charge is 2.04. The van der Waals surface area contributed by atoms with Crippen LogP contribution in [0.15, 0.2) is 36.4 Å². The number of fused-ring (bicyclic) bond motifs is 3. The van der Waals surface area contributed by atoms with Crippen molar-refractivity contribution in [3.05, 3.63) is 42.2 Å². The number of rotatable bonds is 1. The number of hydrogen-bond donors (Lipinski definition) is 1. The lowest BCUT2D eigenvalue weighted by Gasteiger charge is -1.97. The maximum Gasteiger partial charge on any atom is 0.106 e. The first kappa shape index (κ1) is 8.48. The summed E-state index contributed by atoms with van der Waals surface area (Å²) in [5.41, 5.74) is 2.22. The summed E-state index contributed by atoms with van der Waals surface area (Å²) in [6.07, 6.45) is 0.947. The van der Waals surface area contributed by atoms with Gasteiger partial charge in [-0.1, -0.05) is 37.3 Å².